The van der Waals surface area contributed by atoms with Crippen molar-refractivity contribution in [1.29, 1.82) is 10.5 Å². The van der Waals surface area contributed by atoms with Gasteiger partial charge in [0.25, 0.3) is 0 Å². The van der Waals surface area contributed by atoms with Gasteiger partial charge in [-0.25, -0.2) is 9.97 Å². The molecule has 1 heterocycles. The van der Waals surface area contributed by atoms with Crippen molar-refractivity contribution in [1.82, 2.24) is 9.97 Å². The lowest BCUT2D eigenvalue weighted by atomic mass is 9.91. The lowest BCUT2D eigenvalue weighted by Crippen LogP contribution is -1.98. The Bertz CT molecular complexity index is 2610. The third kappa shape index (κ3) is 5.90. The lowest BCUT2D eigenvalue weighted by molar-refractivity contribution is 1.23. The predicted octanol–water partition coefficient (Wildman–Crippen LogP) is 11.4. The first-order chi connectivity index (χ1) is 24.7. The fourth-order valence-corrected chi connectivity index (χ4v) is 6.44. The lowest BCUT2D eigenvalue weighted by Gasteiger charge is -2.16. The second-order valence-electron chi connectivity index (χ2n) is 12.1. The number of benzene rings is 7. The van der Waals surface area contributed by atoms with Gasteiger partial charge in [0.1, 0.15) is 0 Å². The molecule has 0 aliphatic heterocycles. The normalized spacial score (nSPS) is 10.8. The van der Waals surface area contributed by atoms with Gasteiger partial charge in [-0.3, -0.25) is 0 Å². The number of fused-ring (bicyclic) bond motifs is 1. The highest BCUT2D eigenvalue weighted by molar-refractivity contribution is 6.05. The second kappa shape index (κ2) is 13.2. The van der Waals surface area contributed by atoms with Gasteiger partial charge < -0.3 is 0 Å². The van der Waals surface area contributed by atoms with E-state index in [4.69, 9.17) is 9.97 Å². The standard InChI is InChI=1S/C46H28N4/c47-29-31-11-7-21-39(23-31)44-43-28-41(37-19-9-17-35(25-37)33-13-3-1-4-14-33)27-42(38-20-10-18-36(26-38)34-15-5-2-6-16-34)45(43)50-46(49-44)40-22-8-12-32(24-40)30-48/h1-28H. The first kappa shape index (κ1) is 30.2. The summed E-state index contributed by atoms with van der Waals surface area (Å²) >= 11 is 0. The maximum absolute atomic E-state index is 9.82. The van der Waals surface area contributed by atoms with Crippen molar-refractivity contribution in [3.05, 3.63) is 181 Å². The summed E-state index contributed by atoms with van der Waals surface area (Å²) in [5, 5.41) is 20.4. The summed E-state index contributed by atoms with van der Waals surface area (Å²) in [6.45, 7) is 0. The van der Waals surface area contributed by atoms with E-state index in [1.165, 1.54) is 0 Å². The van der Waals surface area contributed by atoms with Crippen molar-refractivity contribution < 1.29 is 0 Å². The molecule has 50 heavy (non-hydrogen) atoms. The first-order valence-electron chi connectivity index (χ1n) is 16.4. The SMILES string of the molecule is N#Cc1cccc(-c2nc(-c3cccc(C#N)c3)c3cc(-c4cccc(-c5ccccc5)c4)cc(-c4cccc(-c5ccccc5)c4)c3n2)c1. The van der Waals surface area contributed by atoms with E-state index in [9.17, 15) is 10.5 Å². The van der Waals surface area contributed by atoms with Gasteiger partial charge in [-0.1, -0.05) is 121 Å². The maximum Gasteiger partial charge on any atom is 0.160 e. The van der Waals surface area contributed by atoms with Crippen molar-refractivity contribution in [3.63, 3.8) is 0 Å². The Hall–Kier alpha value is -7.14. The molecule has 4 heteroatoms. The predicted molar refractivity (Wildman–Crippen MR) is 202 cm³/mol. The number of nitriles is 2. The van der Waals surface area contributed by atoms with Gasteiger partial charge in [-0.2, -0.15) is 10.5 Å². The molecule has 0 unspecified atom stereocenters. The number of aromatic nitrogens is 2. The Labute approximate surface area is 290 Å². The van der Waals surface area contributed by atoms with E-state index < -0.39 is 0 Å². The number of rotatable bonds is 6. The largest absolute Gasteiger partial charge is 0.227 e. The zero-order valence-corrected chi connectivity index (χ0v) is 27.0. The Balaban J connectivity index is 1.45. The van der Waals surface area contributed by atoms with E-state index in [-0.39, 0.29) is 0 Å². The minimum Gasteiger partial charge on any atom is -0.227 e. The van der Waals surface area contributed by atoms with Crippen molar-refractivity contribution in [2.45, 2.75) is 0 Å². The van der Waals surface area contributed by atoms with Crippen LogP contribution in [0.4, 0.5) is 0 Å². The van der Waals surface area contributed by atoms with E-state index >= 15 is 0 Å². The Kier molecular flexibility index (Phi) is 7.95. The van der Waals surface area contributed by atoms with Gasteiger partial charge in [0.2, 0.25) is 0 Å². The summed E-state index contributed by atoms with van der Waals surface area (Å²) in [7, 11) is 0. The monoisotopic (exact) mass is 636 g/mol. The van der Waals surface area contributed by atoms with Crippen LogP contribution in [0.1, 0.15) is 11.1 Å². The topological polar surface area (TPSA) is 73.4 Å². The summed E-state index contributed by atoms with van der Waals surface area (Å²) in [6, 6.07) is 61.7. The van der Waals surface area contributed by atoms with Crippen LogP contribution in [0.25, 0.3) is 78.1 Å². The molecule has 0 bridgehead atoms. The Morgan fingerprint density at radius 3 is 1.46 bits per heavy atom. The number of nitrogens with zero attached hydrogens (tertiary/aromatic N) is 4. The molecule has 8 rings (SSSR count). The molecule has 0 atom stereocenters. The van der Waals surface area contributed by atoms with E-state index in [0.717, 1.165) is 66.5 Å². The second-order valence-corrected chi connectivity index (χ2v) is 12.1. The van der Waals surface area contributed by atoms with E-state index in [1.807, 2.05) is 60.7 Å². The van der Waals surface area contributed by atoms with Gasteiger partial charge >= 0.3 is 0 Å². The van der Waals surface area contributed by atoms with Crippen molar-refractivity contribution >= 4 is 10.9 Å². The summed E-state index contributed by atoms with van der Waals surface area (Å²) in [5.74, 6) is 0.506. The van der Waals surface area contributed by atoms with Gasteiger partial charge in [-0.15, -0.1) is 0 Å². The smallest absolute Gasteiger partial charge is 0.160 e. The molecule has 0 N–H and O–H groups in total. The first-order valence-corrected chi connectivity index (χ1v) is 16.4. The van der Waals surface area contributed by atoms with Crippen molar-refractivity contribution in [3.8, 4) is 79.3 Å². The van der Waals surface area contributed by atoms with Gasteiger partial charge in [0.05, 0.1) is 34.5 Å². The Morgan fingerprint density at radius 1 is 0.360 bits per heavy atom. The molecule has 1 aromatic heterocycles. The van der Waals surface area contributed by atoms with Crippen molar-refractivity contribution in [2.75, 3.05) is 0 Å². The minimum absolute atomic E-state index is 0.506. The van der Waals surface area contributed by atoms with Crippen LogP contribution in [0.2, 0.25) is 0 Å². The Morgan fingerprint density at radius 2 is 0.840 bits per heavy atom. The highest BCUT2D eigenvalue weighted by atomic mass is 14.9. The molecule has 0 saturated carbocycles. The molecule has 232 valence electrons. The van der Waals surface area contributed by atoms with Crippen LogP contribution >= 0.6 is 0 Å². The molecular weight excluding hydrogens is 609 g/mol. The third-order valence-electron chi connectivity index (χ3n) is 8.90. The number of hydrogen-bond donors (Lipinski definition) is 0. The maximum atomic E-state index is 9.82. The highest BCUT2D eigenvalue weighted by Gasteiger charge is 2.19. The summed E-state index contributed by atoms with van der Waals surface area (Å²) in [5.41, 5.74) is 12.7. The summed E-state index contributed by atoms with van der Waals surface area (Å²) in [4.78, 5) is 10.4. The number of hydrogen-bond acceptors (Lipinski definition) is 4. The minimum atomic E-state index is 0.506. The summed E-state index contributed by atoms with van der Waals surface area (Å²) in [6.07, 6.45) is 0. The molecule has 0 aliphatic carbocycles. The molecule has 7 aromatic carbocycles. The molecule has 0 spiro atoms. The third-order valence-corrected chi connectivity index (χ3v) is 8.90. The van der Waals surface area contributed by atoms with Crippen LogP contribution in [0.3, 0.4) is 0 Å². The van der Waals surface area contributed by atoms with Gasteiger partial charge in [0.15, 0.2) is 5.82 Å². The molecule has 0 radical (unpaired) electrons. The molecule has 8 aromatic rings. The molecule has 0 fully saturated rings. The van der Waals surface area contributed by atoms with E-state index in [0.29, 0.717) is 22.6 Å². The van der Waals surface area contributed by atoms with Gasteiger partial charge in [0, 0.05) is 22.1 Å². The molecule has 0 amide bonds. The van der Waals surface area contributed by atoms with Crippen LogP contribution in [0, 0.1) is 22.7 Å². The van der Waals surface area contributed by atoms with E-state index in [1.54, 1.807) is 12.1 Å². The van der Waals surface area contributed by atoms with Crippen LogP contribution < -0.4 is 0 Å². The van der Waals surface area contributed by atoms with Crippen molar-refractivity contribution in [2.24, 2.45) is 0 Å². The molecule has 0 aliphatic rings. The summed E-state index contributed by atoms with van der Waals surface area (Å²) < 4.78 is 0. The average molecular weight is 637 g/mol. The van der Waals surface area contributed by atoms with Crippen LogP contribution in [0.5, 0.6) is 0 Å². The molecule has 4 nitrogen and oxygen atoms in total. The van der Waals surface area contributed by atoms with Crippen LogP contribution in [0.15, 0.2) is 170 Å². The average Bonchev–Trinajstić information content (AvgIpc) is 3.20. The quantitative estimate of drug-likeness (QED) is 0.182. The van der Waals surface area contributed by atoms with Crippen LogP contribution in [-0.4, -0.2) is 9.97 Å². The zero-order valence-electron chi connectivity index (χ0n) is 27.0. The van der Waals surface area contributed by atoms with Gasteiger partial charge in [-0.05, 0) is 87.5 Å². The highest BCUT2D eigenvalue weighted by Crippen LogP contribution is 2.40. The fourth-order valence-electron chi connectivity index (χ4n) is 6.44. The zero-order chi connectivity index (χ0) is 33.9. The molecule has 0 saturated heterocycles. The fraction of sp³-hybridized carbons (Fsp3) is 0. The molecular formula is C46H28N4. The van der Waals surface area contributed by atoms with Crippen LogP contribution in [-0.2, 0) is 0 Å². The van der Waals surface area contributed by atoms with E-state index in [2.05, 4.69) is 109 Å².